The predicted molar refractivity (Wildman–Crippen MR) is 46.6 cm³/mol. The van der Waals surface area contributed by atoms with Crippen LogP contribution in [0.5, 0.6) is 0 Å². The summed E-state index contributed by atoms with van der Waals surface area (Å²) in [5.41, 5.74) is 0. The van der Waals surface area contributed by atoms with Gasteiger partial charge in [0, 0.05) is 28.2 Å². The van der Waals surface area contributed by atoms with E-state index in [0.717, 1.165) is 0 Å². The molecule has 70 valence electrons. The topological polar surface area (TPSA) is 40.6 Å². The Morgan fingerprint density at radius 2 is 1.17 bits per heavy atom. The summed E-state index contributed by atoms with van der Waals surface area (Å²) in [5, 5.41) is 0. The van der Waals surface area contributed by atoms with E-state index in [0.29, 0.717) is 0 Å². The second kappa shape index (κ2) is 4.09. The molecule has 0 aliphatic carbocycles. The molecule has 0 aliphatic rings. The second-order valence-electron chi connectivity index (χ2n) is 3.19. The molecule has 12 heavy (non-hydrogen) atoms. The minimum absolute atomic E-state index is 0.159. The summed E-state index contributed by atoms with van der Waals surface area (Å²) in [7, 11) is 6.56. The number of hydrogen-bond donors (Lipinski definition) is 0. The van der Waals surface area contributed by atoms with Gasteiger partial charge in [-0.3, -0.25) is 9.59 Å². The zero-order valence-electron chi connectivity index (χ0n) is 8.29. The molecule has 0 spiro atoms. The third-order valence-corrected chi connectivity index (χ3v) is 1.62. The summed E-state index contributed by atoms with van der Waals surface area (Å²) >= 11 is 0. The van der Waals surface area contributed by atoms with Gasteiger partial charge in [-0.2, -0.15) is 0 Å². The Hall–Kier alpha value is -1.06. The van der Waals surface area contributed by atoms with Gasteiger partial charge in [0.25, 0.3) is 0 Å². The molecule has 0 rings (SSSR count). The van der Waals surface area contributed by atoms with Gasteiger partial charge in [0.2, 0.25) is 11.8 Å². The fraction of sp³-hybridized carbons (Fsp3) is 0.750. The largest absolute Gasteiger partial charge is 0.348 e. The molecule has 0 fully saturated rings. The van der Waals surface area contributed by atoms with Crippen LogP contribution >= 0.6 is 0 Å². The van der Waals surface area contributed by atoms with Crippen LogP contribution in [0.1, 0.15) is 6.92 Å². The lowest BCUT2D eigenvalue weighted by molar-refractivity contribution is -0.143. The molecule has 0 unspecified atom stereocenters. The van der Waals surface area contributed by atoms with Crippen LogP contribution in [0.15, 0.2) is 0 Å². The van der Waals surface area contributed by atoms with Gasteiger partial charge in [-0.15, -0.1) is 0 Å². The number of hydrogen-bond acceptors (Lipinski definition) is 2. The van der Waals surface area contributed by atoms with Gasteiger partial charge in [0.05, 0.1) is 0 Å². The Labute approximate surface area is 73.1 Å². The van der Waals surface area contributed by atoms with Gasteiger partial charge in [-0.1, -0.05) is 0 Å². The summed E-state index contributed by atoms with van der Waals surface area (Å²) in [6.45, 7) is 1.62. The van der Waals surface area contributed by atoms with Crippen molar-refractivity contribution < 1.29 is 9.59 Å². The highest BCUT2D eigenvalue weighted by Gasteiger charge is 2.23. The molecule has 4 nitrogen and oxygen atoms in total. The van der Waals surface area contributed by atoms with Crippen LogP contribution in [0.3, 0.4) is 0 Å². The first-order valence-corrected chi connectivity index (χ1v) is 3.80. The van der Waals surface area contributed by atoms with Gasteiger partial charge in [-0.05, 0) is 6.92 Å². The third kappa shape index (κ3) is 2.53. The van der Waals surface area contributed by atoms with Crippen LogP contribution < -0.4 is 0 Å². The maximum absolute atomic E-state index is 11.3. The molecule has 0 aliphatic heterocycles. The molecule has 0 heterocycles. The standard InChI is InChI=1S/C8H16N2O2/c1-6(7(11)9(2)3)8(12)10(4)5/h6H,1-5H3. The molecule has 2 amide bonds. The van der Waals surface area contributed by atoms with E-state index < -0.39 is 5.92 Å². The normalized spacial score (nSPS) is 9.83. The highest BCUT2D eigenvalue weighted by Crippen LogP contribution is 2.02. The third-order valence-electron chi connectivity index (χ3n) is 1.62. The second-order valence-corrected chi connectivity index (χ2v) is 3.19. The summed E-state index contributed by atoms with van der Waals surface area (Å²) < 4.78 is 0. The lowest BCUT2D eigenvalue weighted by Gasteiger charge is -2.19. The average Bonchev–Trinajstić information content (AvgIpc) is 2.00. The lowest BCUT2D eigenvalue weighted by Crippen LogP contribution is -2.38. The molecule has 0 aromatic heterocycles. The van der Waals surface area contributed by atoms with E-state index >= 15 is 0 Å². The minimum atomic E-state index is -0.574. The van der Waals surface area contributed by atoms with E-state index in [2.05, 4.69) is 0 Å². The van der Waals surface area contributed by atoms with Crippen LogP contribution in [-0.4, -0.2) is 49.8 Å². The van der Waals surface area contributed by atoms with Gasteiger partial charge >= 0.3 is 0 Å². The van der Waals surface area contributed by atoms with Crippen LogP contribution in [0.4, 0.5) is 0 Å². The Morgan fingerprint density at radius 1 is 0.917 bits per heavy atom. The van der Waals surface area contributed by atoms with Crippen molar-refractivity contribution in [3.8, 4) is 0 Å². The molecular formula is C8H16N2O2. The van der Waals surface area contributed by atoms with Crippen LogP contribution in [0.2, 0.25) is 0 Å². The molecule has 0 N–H and O–H groups in total. The minimum Gasteiger partial charge on any atom is -0.348 e. The quantitative estimate of drug-likeness (QED) is 0.541. The Morgan fingerprint density at radius 3 is 1.33 bits per heavy atom. The van der Waals surface area contributed by atoms with Crippen molar-refractivity contribution in [1.29, 1.82) is 0 Å². The molecule has 4 heteroatoms. The van der Waals surface area contributed by atoms with Crippen molar-refractivity contribution in [2.24, 2.45) is 5.92 Å². The molecule has 0 saturated carbocycles. The smallest absolute Gasteiger partial charge is 0.234 e. The van der Waals surface area contributed by atoms with E-state index in [1.807, 2.05) is 0 Å². The van der Waals surface area contributed by atoms with E-state index in [1.54, 1.807) is 35.1 Å². The first-order chi connectivity index (χ1) is 5.37. The van der Waals surface area contributed by atoms with Crippen molar-refractivity contribution >= 4 is 11.8 Å². The van der Waals surface area contributed by atoms with Crippen LogP contribution in [-0.2, 0) is 9.59 Å². The Kier molecular flexibility index (Phi) is 3.73. The molecule has 0 atom stereocenters. The fourth-order valence-corrected chi connectivity index (χ4v) is 0.880. The number of rotatable bonds is 2. The predicted octanol–water partition coefficient (Wildman–Crippen LogP) is -0.201. The SMILES string of the molecule is CC(C(=O)N(C)C)C(=O)N(C)C. The average molecular weight is 172 g/mol. The van der Waals surface area contributed by atoms with Crippen molar-refractivity contribution in [2.75, 3.05) is 28.2 Å². The van der Waals surface area contributed by atoms with E-state index in [1.165, 1.54) is 9.80 Å². The highest BCUT2D eigenvalue weighted by atomic mass is 16.2. The summed E-state index contributed by atoms with van der Waals surface area (Å²) in [6, 6.07) is 0. The van der Waals surface area contributed by atoms with Gasteiger partial charge < -0.3 is 9.80 Å². The van der Waals surface area contributed by atoms with Gasteiger partial charge in [-0.25, -0.2) is 0 Å². The van der Waals surface area contributed by atoms with Crippen molar-refractivity contribution in [3.05, 3.63) is 0 Å². The van der Waals surface area contributed by atoms with E-state index in [4.69, 9.17) is 0 Å². The summed E-state index contributed by atoms with van der Waals surface area (Å²) in [6.07, 6.45) is 0. The molecule has 0 radical (unpaired) electrons. The number of carbonyl (C=O) groups excluding carboxylic acids is 2. The van der Waals surface area contributed by atoms with Crippen molar-refractivity contribution in [2.45, 2.75) is 6.92 Å². The Bertz CT molecular complexity index is 167. The van der Waals surface area contributed by atoms with Crippen molar-refractivity contribution in [1.82, 2.24) is 9.80 Å². The number of nitrogens with zero attached hydrogens (tertiary/aromatic N) is 2. The maximum atomic E-state index is 11.3. The monoisotopic (exact) mass is 172 g/mol. The lowest BCUT2D eigenvalue weighted by atomic mass is 10.1. The fourth-order valence-electron chi connectivity index (χ4n) is 0.880. The molecule has 0 saturated heterocycles. The van der Waals surface area contributed by atoms with E-state index in [9.17, 15) is 9.59 Å². The summed E-state index contributed by atoms with van der Waals surface area (Å²) in [5.74, 6) is -0.891. The molecule has 0 aromatic rings. The first-order valence-electron chi connectivity index (χ1n) is 3.80. The zero-order chi connectivity index (χ0) is 9.89. The first kappa shape index (κ1) is 10.9. The molecular weight excluding hydrogens is 156 g/mol. The number of carbonyl (C=O) groups is 2. The zero-order valence-corrected chi connectivity index (χ0v) is 8.29. The van der Waals surface area contributed by atoms with Crippen LogP contribution in [0, 0.1) is 5.92 Å². The van der Waals surface area contributed by atoms with Crippen molar-refractivity contribution in [3.63, 3.8) is 0 Å². The van der Waals surface area contributed by atoms with Gasteiger partial charge in [0.1, 0.15) is 5.92 Å². The maximum Gasteiger partial charge on any atom is 0.234 e. The summed E-state index contributed by atoms with van der Waals surface area (Å²) in [4.78, 5) is 25.4. The number of amides is 2. The van der Waals surface area contributed by atoms with Gasteiger partial charge in [0.15, 0.2) is 0 Å². The molecule has 0 bridgehead atoms. The van der Waals surface area contributed by atoms with E-state index in [-0.39, 0.29) is 11.8 Å². The Balaban J connectivity index is 4.30. The highest BCUT2D eigenvalue weighted by molar-refractivity contribution is 5.99. The van der Waals surface area contributed by atoms with Crippen LogP contribution in [0.25, 0.3) is 0 Å². The molecule has 0 aromatic carbocycles.